The number of amides is 1. The van der Waals surface area contributed by atoms with E-state index in [2.05, 4.69) is 10.3 Å². The summed E-state index contributed by atoms with van der Waals surface area (Å²) in [5.74, 6) is -1.01. The molecule has 5 aromatic rings. The summed E-state index contributed by atoms with van der Waals surface area (Å²) in [6, 6.07) is 7.06. The van der Waals surface area contributed by atoms with Crippen LogP contribution in [0.5, 0.6) is 5.75 Å². The second-order valence-corrected chi connectivity index (χ2v) is 9.00. The van der Waals surface area contributed by atoms with Gasteiger partial charge in [0.05, 0.1) is 12.0 Å². The number of aryl methyl sites for hydroxylation is 3. The number of aliphatic carboxylic acids is 1. The smallest absolute Gasteiger partial charge is 0.340 e. The zero-order chi connectivity index (χ0) is 25.7. The Bertz CT molecular complexity index is 1740. The third kappa shape index (κ3) is 3.98. The predicted octanol–water partition coefficient (Wildman–Crippen LogP) is 4.01. The van der Waals surface area contributed by atoms with E-state index in [1.807, 2.05) is 19.9 Å². The van der Waals surface area contributed by atoms with Crippen molar-refractivity contribution in [3.05, 3.63) is 75.0 Å². The number of phenolic OH excluding ortho intramolecular Hbond substituents is 1. The second-order valence-electron chi connectivity index (χ2n) is 9.00. The average molecular weight is 488 g/mol. The number of aromatic nitrogens is 1. The van der Waals surface area contributed by atoms with E-state index < -0.39 is 23.5 Å². The molecule has 0 saturated carbocycles. The second kappa shape index (κ2) is 8.60. The van der Waals surface area contributed by atoms with E-state index >= 15 is 0 Å². The normalized spacial score (nSPS) is 12.4. The van der Waals surface area contributed by atoms with Gasteiger partial charge in [0.15, 0.2) is 0 Å². The Hall–Kier alpha value is -4.53. The van der Waals surface area contributed by atoms with E-state index in [4.69, 9.17) is 8.83 Å². The number of aromatic hydroxyl groups is 1. The maximum Gasteiger partial charge on any atom is 0.340 e. The van der Waals surface area contributed by atoms with Gasteiger partial charge in [-0.1, -0.05) is 0 Å². The largest absolute Gasteiger partial charge is 0.508 e. The molecule has 0 saturated heterocycles. The molecule has 0 aliphatic carbocycles. The molecule has 5 rings (SSSR count). The van der Waals surface area contributed by atoms with Crippen molar-refractivity contribution in [2.24, 2.45) is 0 Å². The quantitative estimate of drug-likeness (QED) is 0.264. The van der Waals surface area contributed by atoms with E-state index in [0.29, 0.717) is 33.1 Å². The van der Waals surface area contributed by atoms with Crippen LogP contribution in [0.3, 0.4) is 0 Å². The SMILES string of the molecule is Cc1oc2cc3oc(=O)c(CC(=O)N[C@H](Cc4c[nH]c5ccc(O)cc45)C(=O)O)c(C)c3cc2c1C. The van der Waals surface area contributed by atoms with Crippen LogP contribution in [0.1, 0.15) is 28.0 Å². The number of benzene rings is 2. The Morgan fingerprint density at radius 2 is 1.72 bits per heavy atom. The highest BCUT2D eigenvalue weighted by Gasteiger charge is 2.24. The molecule has 1 atom stereocenters. The summed E-state index contributed by atoms with van der Waals surface area (Å²) in [6.07, 6.45) is 1.31. The van der Waals surface area contributed by atoms with Crippen LogP contribution in [0.2, 0.25) is 0 Å². The minimum absolute atomic E-state index is 0.00701. The van der Waals surface area contributed by atoms with Gasteiger partial charge >= 0.3 is 11.6 Å². The highest BCUT2D eigenvalue weighted by molar-refractivity contribution is 5.97. The summed E-state index contributed by atoms with van der Waals surface area (Å²) in [7, 11) is 0. The highest BCUT2D eigenvalue weighted by Crippen LogP contribution is 2.31. The molecule has 0 aliphatic heterocycles. The summed E-state index contributed by atoms with van der Waals surface area (Å²) in [5.41, 5.74) is 3.41. The van der Waals surface area contributed by atoms with Crippen LogP contribution in [0.15, 0.2) is 50.2 Å². The first-order valence-electron chi connectivity index (χ1n) is 11.4. The van der Waals surface area contributed by atoms with Crippen LogP contribution in [-0.2, 0) is 22.4 Å². The fraction of sp³-hybridized carbons (Fsp3) is 0.222. The molecule has 3 heterocycles. The fourth-order valence-electron chi connectivity index (χ4n) is 4.59. The molecule has 2 aromatic carbocycles. The summed E-state index contributed by atoms with van der Waals surface area (Å²) >= 11 is 0. The van der Waals surface area contributed by atoms with Gasteiger partial charge in [-0.2, -0.15) is 0 Å². The van der Waals surface area contributed by atoms with Crippen LogP contribution in [0.4, 0.5) is 0 Å². The predicted molar refractivity (Wildman–Crippen MR) is 133 cm³/mol. The van der Waals surface area contributed by atoms with Gasteiger partial charge in [-0.15, -0.1) is 0 Å². The van der Waals surface area contributed by atoms with Crippen LogP contribution < -0.4 is 10.9 Å². The van der Waals surface area contributed by atoms with Gasteiger partial charge in [-0.3, -0.25) is 4.79 Å². The summed E-state index contributed by atoms with van der Waals surface area (Å²) < 4.78 is 11.2. The molecule has 3 aromatic heterocycles. The first-order valence-corrected chi connectivity index (χ1v) is 11.4. The molecular formula is C27H24N2O7. The van der Waals surface area contributed by atoms with Crippen LogP contribution in [-0.4, -0.2) is 33.1 Å². The Morgan fingerprint density at radius 1 is 1.00 bits per heavy atom. The number of carboxylic acid groups (broad SMARTS) is 1. The number of aromatic amines is 1. The van der Waals surface area contributed by atoms with Gasteiger partial charge < -0.3 is 29.3 Å². The van der Waals surface area contributed by atoms with E-state index in [1.54, 1.807) is 25.3 Å². The minimum Gasteiger partial charge on any atom is -0.508 e. The Kier molecular flexibility index (Phi) is 5.55. The summed E-state index contributed by atoms with van der Waals surface area (Å²) in [5, 5.41) is 24.3. The highest BCUT2D eigenvalue weighted by atomic mass is 16.4. The number of carbonyl (C=O) groups excluding carboxylic acids is 1. The van der Waals surface area contributed by atoms with Crippen molar-refractivity contribution >= 4 is 44.7 Å². The van der Waals surface area contributed by atoms with Gasteiger partial charge in [-0.05, 0) is 61.7 Å². The number of carboxylic acids is 1. The molecule has 0 bridgehead atoms. The van der Waals surface area contributed by atoms with E-state index in [1.165, 1.54) is 12.1 Å². The molecule has 0 spiro atoms. The molecule has 9 heteroatoms. The lowest BCUT2D eigenvalue weighted by molar-refractivity contribution is -0.141. The molecule has 184 valence electrons. The van der Waals surface area contributed by atoms with Crippen LogP contribution in [0.25, 0.3) is 32.8 Å². The maximum atomic E-state index is 12.9. The Morgan fingerprint density at radius 3 is 2.47 bits per heavy atom. The Balaban J connectivity index is 1.42. The number of phenols is 1. The number of furan rings is 1. The number of carbonyl (C=O) groups is 2. The van der Waals surface area contributed by atoms with Crippen molar-refractivity contribution < 1.29 is 28.6 Å². The topological polar surface area (TPSA) is 146 Å². The lowest BCUT2D eigenvalue weighted by Gasteiger charge is -2.15. The lowest BCUT2D eigenvalue weighted by Crippen LogP contribution is -2.43. The van der Waals surface area contributed by atoms with Crippen molar-refractivity contribution in [2.75, 3.05) is 0 Å². The van der Waals surface area contributed by atoms with Crippen LogP contribution >= 0.6 is 0 Å². The molecule has 0 unspecified atom stereocenters. The van der Waals surface area contributed by atoms with E-state index in [0.717, 1.165) is 22.2 Å². The van der Waals surface area contributed by atoms with E-state index in [-0.39, 0.29) is 24.2 Å². The maximum absolute atomic E-state index is 12.9. The monoisotopic (exact) mass is 488 g/mol. The third-order valence-corrected chi connectivity index (χ3v) is 6.73. The van der Waals surface area contributed by atoms with Gasteiger partial charge in [0, 0.05) is 40.4 Å². The summed E-state index contributed by atoms with van der Waals surface area (Å²) in [4.78, 5) is 40.5. The molecular weight excluding hydrogens is 464 g/mol. The fourth-order valence-corrected chi connectivity index (χ4v) is 4.59. The van der Waals surface area contributed by atoms with Crippen molar-refractivity contribution in [1.82, 2.24) is 10.3 Å². The Labute approximate surface area is 204 Å². The van der Waals surface area contributed by atoms with Crippen molar-refractivity contribution in [2.45, 2.75) is 39.7 Å². The number of nitrogens with one attached hydrogen (secondary N) is 2. The lowest BCUT2D eigenvalue weighted by atomic mass is 10.0. The minimum atomic E-state index is -1.23. The molecule has 0 radical (unpaired) electrons. The number of fused-ring (bicyclic) bond motifs is 3. The molecule has 0 fully saturated rings. The molecule has 1 amide bonds. The third-order valence-electron chi connectivity index (χ3n) is 6.73. The summed E-state index contributed by atoms with van der Waals surface area (Å²) in [6.45, 7) is 5.54. The molecule has 0 aliphatic rings. The van der Waals surface area contributed by atoms with Crippen LogP contribution in [0, 0.1) is 20.8 Å². The zero-order valence-corrected chi connectivity index (χ0v) is 19.9. The van der Waals surface area contributed by atoms with Crippen molar-refractivity contribution in [3.8, 4) is 5.75 Å². The molecule has 4 N–H and O–H groups in total. The standard InChI is InChI=1S/C27H24N2O7/c1-12-14(3)35-23-10-24-18(8-17(12)23)13(2)19(27(34)36-24)9-25(31)29-22(26(32)33)6-15-11-28-21-5-4-16(30)7-20(15)21/h4-5,7-8,10-11,22,28,30H,6,9H2,1-3H3,(H,29,31)(H,32,33)/t22-/m1/s1. The van der Waals surface area contributed by atoms with Crippen molar-refractivity contribution in [3.63, 3.8) is 0 Å². The number of H-pyrrole nitrogens is 1. The van der Waals surface area contributed by atoms with Crippen molar-refractivity contribution in [1.29, 1.82) is 0 Å². The van der Waals surface area contributed by atoms with Gasteiger partial charge in [0.2, 0.25) is 5.91 Å². The first-order chi connectivity index (χ1) is 17.1. The number of rotatable bonds is 6. The first kappa shape index (κ1) is 23.2. The van der Waals surface area contributed by atoms with Gasteiger partial charge in [-0.25, -0.2) is 9.59 Å². The van der Waals surface area contributed by atoms with Gasteiger partial charge in [0.1, 0.15) is 28.7 Å². The molecule has 36 heavy (non-hydrogen) atoms. The molecule has 9 nitrogen and oxygen atoms in total. The zero-order valence-electron chi connectivity index (χ0n) is 19.9. The van der Waals surface area contributed by atoms with Gasteiger partial charge in [0.25, 0.3) is 0 Å². The number of hydrogen-bond acceptors (Lipinski definition) is 6. The average Bonchev–Trinajstić information content (AvgIpc) is 3.34. The van der Waals surface area contributed by atoms with E-state index in [9.17, 15) is 24.6 Å². The number of hydrogen-bond donors (Lipinski definition) is 4.